The summed E-state index contributed by atoms with van der Waals surface area (Å²) in [6.45, 7) is 8.68. The smallest absolute Gasteiger partial charge is 0.407 e. The number of carbonyl (C=O) groups is 3. The molecule has 2 heterocycles. The number of amides is 4. The third kappa shape index (κ3) is 4.35. The molecular weight excluding hydrogens is 439 g/mol. The molecule has 1 saturated carbocycles. The van der Waals surface area contributed by atoms with Gasteiger partial charge in [0.15, 0.2) is 0 Å². The molecule has 1 aliphatic carbocycles. The van der Waals surface area contributed by atoms with Gasteiger partial charge in [-0.1, -0.05) is 18.5 Å². The second kappa shape index (κ2) is 7.79. The first-order valence-corrected chi connectivity index (χ1v) is 11.1. The van der Waals surface area contributed by atoms with Gasteiger partial charge in [-0.2, -0.15) is 5.32 Å². The Kier molecular flexibility index (Phi) is 5.51. The average molecular weight is 466 g/mol. The number of ether oxygens (including phenoxy) is 1. The zero-order valence-electron chi connectivity index (χ0n) is 18.6. The lowest BCUT2D eigenvalue weighted by atomic mass is 9.90. The predicted octanol–water partition coefficient (Wildman–Crippen LogP) is 4.07. The molecule has 4 amide bonds. The fraction of sp³-hybridized carbons (Fsp3) is 0.591. The summed E-state index contributed by atoms with van der Waals surface area (Å²) in [5.41, 5.74) is -0.507. The van der Waals surface area contributed by atoms with E-state index >= 15 is 4.39 Å². The summed E-state index contributed by atoms with van der Waals surface area (Å²) in [5.74, 6) is -1.41. The Morgan fingerprint density at radius 2 is 2.03 bits per heavy atom. The summed E-state index contributed by atoms with van der Waals surface area (Å²) in [6.07, 6.45) is 1.76. The van der Waals surface area contributed by atoms with Crippen LogP contribution in [0.4, 0.5) is 25.4 Å². The Hall–Kier alpha value is -2.55. The van der Waals surface area contributed by atoms with Crippen molar-refractivity contribution in [3.8, 4) is 0 Å². The lowest BCUT2D eigenvalue weighted by Crippen LogP contribution is -2.45. The minimum atomic E-state index is -0.776. The molecule has 1 unspecified atom stereocenters. The van der Waals surface area contributed by atoms with E-state index in [2.05, 4.69) is 10.6 Å². The highest BCUT2D eigenvalue weighted by Gasteiger charge is 2.44. The summed E-state index contributed by atoms with van der Waals surface area (Å²) in [6, 6.07) is 0.395. The van der Waals surface area contributed by atoms with E-state index in [1.165, 1.54) is 4.90 Å². The molecule has 3 aliphatic rings. The molecule has 1 atom stereocenters. The molecule has 2 aliphatic heterocycles. The molecule has 0 bridgehead atoms. The zero-order valence-corrected chi connectivity index (χ0v) is 19.4. The van der Waals surface area contributed by atoms with E-state index in [1.54, 1.807) is 25.7 Å². The van der Waals surface area contributed by atoms with Crippen molar-refractivity contribution in [3.05, 3.63) is 22.5 Å². The van der Waals surface area contributed by atoms with E-state index in [1.807, 2.05) is 6.92 Å². The number of halogens is 2. The van der Waals surface area contributed by atoms with Crippen molar-refractivity contribution >= 4 is 41.0 Å². The molecule has 1 aromatic carbocycles. The lowest BCUT2D eigenvalue weighted by molar-refractivity contribution is 0.0507. The van der Waals surface area contributed by atoms with Crippen LogP contribution in [0.15, 0.2) is 6.07 Å². The molecule has 1 aromatic rings. The van der Waals surface area contributed by atoms with E-state index in [4.69, 9.17) is 16.3 Å². The zero-order chi connectivity index (χ0) is 23.4. The maximum Gasteiger partial charge on any atom is 0.407 e. The number of hydrogen-bond donors (Lipinski definition) is 1. The first-order valence-electron chi connectivity index (χ1n) is 10.7. The molecule has 1 radical (unpaired) electrons. The van der Waals surface area contributed by atoms with Gasteiger partial charge >= 0.3 is 12.1 Å². The van der Waals surface area contributed by atoms with Gasteiger partial charge in [0, 0.05) is 31.1 Å². The number of imide groups is 1. The highest BCUT2D eigenvalue weighted by atomic mass is 35.5. The Labute approximate surface area is 191 Å². The van der Waals surface area contributed by atoms with E-state index in [9.17, 15) is 14.4 Å². The van der Waals surface area contributed by atoms with Crippen LogP contribution in [0.5, 0.6) is 0 Å². The number of carbonyl (C=O) groups excluding carboxylic acids is 3. The summed E-state index contributed by atoms with van der Waals surface area (Å²) < 4.78 is 20.4. The van der Waals surface area contributed by atoms with Gasteiger partial charge in [-0.15, -0.1) is 0 Å². The number of urea groups is 1. The Morgan fingerprint density at radius 3 is 2.66 bits per heavy atom. The molecular formula is C22H27ClFN4O4. The SMILES string of the molecule is CC1(CNC(=O)OC(C)(C)C)CCN(c2c(F)cc3c(c2Cl)N(C2CC2)C(=O)[N]C3=O)C1. The first-order chi connectivity index (χ1) is 14.9. The van der Waals surface area contributed by atoms with Crippen LogP contribution < -0.4 is 20.4 Å². The van der Waals surface area contributed by atoms with Gasteiger partial charge in [0.05, 0.1) is 22.0 Å². The average Bonchev–Trinajstić information content (AvgIpc) is 3.42. The predicted molar refractivity (Wildman–Crippen MR) is 118 cm³/mol. The standard InChI is InChI=1S/C22H27ClFN4O4/c1-21(2,3)32-20(31)25-10-22(4)7-8-27(11-22)17-14(24)9-13-16(15(17)23)28(12-5-6-12)19(30)26-18(13)29/h9,12H,5-8,10-11H2,1-4H3,(H,25,31). The van der Waals surface area contributed by atoms with Gasteiger partial charge in [0.1, 0.15) is 11.4 Å². The van der Waals surface area contributed by atoms with Crippen LogP contribution in [0.1, 0.15) is 57.3 Å². The Bertz CT molecular complexity index is 991. The van der Waals surface area contributed by atoms with Gasteiger partial charge in [0.2, 0.25) is 0 Å². The number of rotatable bonds is 4. The number of nitrogens with zero attached hydrogens (tertiary/aromatic N) is 3. The van der Waals surface area contributed by atoms with Gasteiger partial charge in [0.25, 0.3) is 5.91 Å². The molecule has 173 valence electrons. The number of anilines is 2. The van der Waals surface area contributed by atoms with Crippen LogP contribution in [0.3, 0.4) is 0 Å². The Morgan fingerprint density at radius 1 is 1.34 bits per heavy atom. The fourth-order valence-corrected chi connectivity index (χ4v) is 4.62. The van der Waals surface area contributed by atoms with Crippen molar-refractivity contribution in [2.45, 2.75) is 58.6 Å². The maximum atomic E-state index is 15.1. The van der Waals surface area contributed by atoms with E-state index in [0.717, 1.165) is 18.9 Å². The quantitative estimate of drug-likeness (QED) is 0.723. The minimum absolute atomic E-state index is 0.0105. The van der Waals surface area contributed by atoms with Crippen molar-refractivity contribution in [2.75, 3.05) is 29.4 Å². The number of benzene rings is 1. The highest BCUT2D eigenvalue weighted by Crippen LogP contribution is 2.47. The summed E-state index contributed by atoms with van der Waals surface area (Å²) in [5, 5.41) is 6.36. The van der Waals surface area contributed by atoms with E-state index < -0.39 is 29.4 Å². The number of hydrogen-bond acceptors (Lipinski definition) is 5. The molecule has 8 nitrogen and oxygen atoms in total. The molecule has 1 N–H and O–H groups in total. The second-order valence-corrected chi connectivity index (χ2v) is 10.4. The van der Waals surface area contributed by atoms with Gasteiger partial charge in [-0.25, -0.2) is 14.0 Å². The molecule has 0 spiro atoms. The van der Waals surface area contributed by atoms with Crippen molar-refractivity contribution in [1.29, 1.82) is 0 Å². The largest absolute Gasteiger partial charge is 0.444 e. The van der Waals surface area contributed by atoms with Gasteiger partial charge in [-0.3, -0.25) is 9.69 Å². The minimum Gasteiger partial charge on any atom is -0.444 e. The maximum absolute atomic E-state index is 15.1. The molecule has 0 aromatic heterocycles. The second-order valence-electron chi connectivity index (χ2n) is 10.1. The Balaban J connectivity index is 1.57. The highest BCUT2D eigenvalue weighted by molar-refractivity contribution is 6.38. The third-order valence-electron chi connectivity index (χ3n) is 5.89. The number of alkyl carbamates (subject to hydrolysis) is 1. The summed E-state index contributed by atoms with van der Waals surface area (Å²) >= 11 is 6.64. The van der Waals surface area contributed by atoms with Crippen molar-refractivity contribution in [1.82, 2.24) is 10.6 Å². The molecule has 2 fully saturated rings. The molecule has 10 heteroatoms. The van der Waals surface area contributed by atoms with E-state index in [0.29, 0.717) is 26.1 Å². The fourth-order valence-electron chi connectivity index (χ4n) is 4.21. The first kappa shape index (κ1) is 22.6. The monoisotopic (exact) mass is 465 g/mol. The molecule has 4 rings (SSSR count). The van der Waals surface area contributed by atoms with Crippen LogP contribution >= 0.6 is 11.6 Å². The van der Waals surface area contributed by atoms with E-state index in [-0.39, 0.29) is 33.4 Å². The summed E-state index contributed by atoms with van der Waals surface area (Å²) in [7, 11) is 0. The van der Waals surface area contributed by atoms with Crippen LogP contribution in [0, 0.1) is 11.2 Å². The van der Waals surface area contributed by atoms with Crippen LogP contribution in [-0.4, -0.2) is 49.3 Å². The van der Waals surface area contributed by atoms with Gasteiger partial charge in [-0.05, 0) is 46.1 Å². The van der Waals surface area contributed by atoms with Crippen molar-refractivity contribution in [2.24, 2.45) is 5.41 Å². The third-order valence-corrected chi connectivity index (χ3v) is 6.25. The number of nitrogens with one attached hydrogen (secondary N) is 1. The summed E-state index contributed by atoms with van der Waals surface area (Å²) in [4.78, 5) is 39.9. The molecule has 32 heavy (non-hydrogen) atoms. The van der Waals surface area contributed by atoms with Crippen LogP contribution in [0.25, 0.3) is 0 Å². The van der Waals surface area contributed by atoms with Gasteiger partial charge < -0.3 is 15.0 Å². The number of fused-ring (bicyclic) bond motifs is 1. The van der Waals surface area contributed by atoms with Crippen molar-refractivity contribution in [3.63, 3.8) is 0 Å². The van der Waals surface area contributed by atoms with Crippen LogP contribution in [0.2, 0.25) is 5.02 Å². The van der Waals surface area contributed by atoms with Crippen molar-refractivity contribution < 1.29 is 23.5 Å². The normalized spacial score (nSPS) is 23.2. The molecule has 1 saturated heterocycles. The van der Waals surface area contributed by atoms with Crippen LogP contribution in [-0.2, 0) is 4.74 Å². The lowest BCUT2D eigenvalue weighted by Gasteiger charge is -2.32. The topological polar surface area (TPSA) is 93.1 Å².